The Balaban J connectivity index is 1.99. The van der Waals surface area contributed by atoms with Gasteiger partial charge in [0.15, 0.2) is 5.82 Å². The topological polar surface area (TPSA) is 60.7 Å². The molecule has 2 rings (SSSR count). The van der Waals surface area contributed by atoms with Crippen LogP contribution < -0.4 is 0 Å². The maximum Gasteiger partial charge on any atom is 0.156 e. The number of carbonyl (C=O) groups excluding carboxylic acids is 1. The van der Waals surface area contributed by atoms with Crippen LogP contribution in [0.15, 0.2) is 30.3 Å². The van der Waals surface area contributed by atoms with Gasteiger partial charge in [0.2, 0.25) is 0 Å². The van der Waals surface area contributed by atoms with E-state index in [-0.39, 0.29) is 11.2 Å². The Morgan fingerprint density at radius 3 is 2.55 bits per heavy atom. The molecular formula is C15H20N4O. The summed E-state index contributed by atoms with van der Waals surface area (Å²) >= 11 is 0. The fraction of sp³-hybridized carbons (Fsp3) is 0.467. The first-order valence-electron chi connectivity index (χ1n) is 6.84. The highest BCUT2D eigenvalue weighted by Crippen LogP contribution is 2.18. The third kappa shape index (κ3) is 3.50. The molecule has 0 amide bonds. The average molecular weight is 272 g/mol. The largest absolute Gasteiger partial charge is 0.299 e. The fourth-order valence-corrected chi connectivity index (χ4v) is 1.91. The van der Waals surface area contributed by atoms with Crippen LogP contribution in [-0.4, -0.2) is 26.0 Å². The van der Waals surface area contributed by atoms with Crippen molar-refractivity contribution in [3.05, 3.63) is 36.2 Å². The first-order chi connectivity index (χ1) is 9.48. The van der Waals surface area contributed by atoms with Crippen LogP contribution in [0.5, 0.6) is 0 Å². The molecule has 0 aliphatic heterocycles. The van der Waals surface area contributed by atoms with E-state index in [4.69, 9.17) is 0 Å². The fourth-order valence-electron chi connectivity index (χ4n) is 1.91. The van der Waals surface area contributed by atoms with Gasteiger partial charge in [-0.25, -0.2) is 0 Å². The van der Waals surface area contributed by atoms with Crippen LogP contribution in [0.25, 0.3) is 5.69 Å². The maximum absolute atomic E-state index is 11.9. The molecule has 5 nitrogen and oxygen atoms in total. The van der Waals surface area contributed by atoms with Crippen molar-refractivity contribution in [2.24, 2.45) is 5.41 Å². The number of aryl methyl sites for hydroxylation is 1. The highest BCUT2D eigenvalue weighted by Gasteiger charge is 2.20. The molecule has 1 aromatic heterocycles. The smallest absolute Gasteiger partial charge is 0.156 e. The van der Waals surface area contributed by atoms with Crippen molar-refractivity contribution in [2.45, 2.75) is 40.0 Å². The minimum absolute atomic E-state index is 0.272. The lowest BCUT2D eigenvalue weighted by Crippen LogP contribution is -2.20. The van der Waals surface area contributed by atoms with Crippen molar-refractivity contribution >= 4 is 5.78 Å². The molecule has 20 heavy (non-hydrogen) atoms. The number of benzene rings is 1. The van der Waals surface area contributed by atoms with Crippen molar-refractivity contribution in [2.75, 3.05) is 0 Å². The van der Waals surface area contributed by atoms with Crippen molar-refractivity contribution in [1.29, 1.82) is 0 Å². The number of aromatic nitrogens is 4. The van der Waals surface area contributed by atoms with E-state index in [9.17, 15) is 4.79 Å². The van der Waals surface area contributed by atoms with E-state index in [1.165, 1.54) is 0 Å². The van der Waals surface area contributed by atoms with Crippen LogP contribution in [0, 0.1) is 5.41 Å². The molecule has 0 aliphatic carbocycles. The van der Waals surface area contributed by atoms with E-state index in [1.807, 2.05) is 51.1 Å². The predicted molar refractivity (Wildman–Crippen MR) is 76.6 cm³/mol. The van der Waals surface area contributed by atoms with Gasteiger partial charge < -0.3 is 0 Å². The highest BCUT2D eigenvalue weighted by atomic mass is 16.1. The summed E-state index contributed by atoms with van der Waals surface area (Å²) in [5.41, 5.74) is 0.667. The van der Waals surface area contributed by atoms with Gasteiger partial charge in [0, 0.05) is 18.3 Å². The molecule has 0 unspecified atom stereocenters. The summed E-state index contributed by atoms with van der Waals surface area (Å²) in [7, 11) is 0. The van der Waals surface area contributed by atoms with Crippen LogP contribution in [0.1, 0.15) is 39.4 Å². The number of para-hydroxylation sites is 1. The summed E-state index contributed by atoms with van der Waals surface area (Å²) in [4.78, 5) is 11.9. The second-order valence-electron chi connectivity index (χ2n) is 5.87. The van der Waals surface area contributed by atoms with Crippen molar-refractivity contribution in [3.63, 3.8) is 0 Å². The maximum atomic E-state index is 11.9. The van der Waals surface area contributed by atoms with E-state index in [0.29, 0.717) is 12.8 Å². The zero-order chi connectivity index (χ0) is 14.6. The Morgan fingerprint density at radius 2 is 1.90 bits per heavy atom. The van der Waals surface area contributed by atoms with Crippen LogP contribution in [0.2, 0.25) is 0 Å². The first kappa shape index (κ1) is 14.4. The van der Waals surface area contributed by atoms with E-state index in [1.54, 1.807) is 4.68 Å². The number of hydrogen-bond donors (Lipinski definition) is 0. The summed E-state index contributed by atoms with van der Waals surface area (Å²) in [5.74, 6) is 1.06. The Morgan fingerprint density at radius 1 is 1.20 bits per heavy atom. The Kier molecular flexibility index (Phi) is 4.27. The lowest BCUT2D eigenvalue weighted by Gasteiger charge is -2.15. The Hall–Kier alpha value is -2.04. The number of carbonyl (C=O) groups is 1. The van der Waals surface area contributed by atoms with Crippen molar-refractivity contribution in [3.8, 4) is 5.69 Å². The molecular weight excluding hydrogens is 252 g/mol. The molecule has 0 atom stereocenters. The number of Topliss-reactive ketones (excluding diaryl/α,β-unsaturated/α-hetero) is 1. The molecule has 0 aliphatic rings. The summed E-state index contributed by atoms with van der Waals surface area (Å²) in [6.45, 7) is 5.84. The number of hydrogen-bond acceptors (Lipinski definition) is 4. The Labute approximate surface area is 119 Å². The SMILES string of the molecule is CC(C)(C)C(=O)CCCc1nnnn1-c1ccccc1. The highest BCUT2D eigenvalue weighted by molar-refractivity contribution is 5.83. The minimum Gasteiger partial charge on any atom is -0.299 e. The monoisotopic (exact) mass is 272 g/mol. The van der Waals surface area contributed by atoms with Gasteiger partial charge in [-0.2, -0.15) is 4.68 Å². The molecule has 1 aromatic carbocycles. The van der Waals surface area contributed by atoms with Gasteiger partial charge in [-0.15, -0.1) is 5.10 Å². The van der Waals surface area contributed by atoms with Crippen LogP contribution in [0.4, 0.5) is 0 Å². The molecule has 0 radical (unpaired) electrons. The van der Waals surface area contributed by atoms with E-state index >= 15 is 0 Å². The van der Waals surface area contributed by atoms with Gasteiger partial charge >= 0.3 is 0 Å². The molecule has 0 spiro atoms. The molecule has 5 heteroatoms. The van der Waals surface area contributed by atoms with Crippen molar-refractivity contribution < 1.29 is 4.79 Å². The number of rotatable bonds is 5. The van der Waals surface area contributed by atoms with Gasteiger partial charge in [-0.05, 0) is 29.0 Å². The summed E-state index contributed by atoms with van der Waals surface area (Å²) in [6, 6.07) is 9.77. The molecule has 0 fully saturated rings. The van der Waals surface area contributed by atoms with Gasteiger partial charge in [0.1, 0.15) is 5.78 Å². The molecule has 0 N–H and O–H groups in total. The molecule has 106 valence electrons. The summed E-state index contributed by atoms with van der Waals surface area (Å²) in [5, 5.41) is 11.8. The zero-order valence-corrected chi connectivity index (χ0v) is 12.2. The first-order valence-corrected chi connectivity index (χ1v) is 6.84. The number of tetrazole rings is 1. The van der Waals surface area contributed by atoms with E-state index in [0.717, 1.165) is 17.9 Å². The van der Waals surface area contributed by atoms with E-state index in [2.05, 4.69) is 15.5 Å². The molecule has 1 heterocycles. The zero-order valence-electron chi connectivity index (χ0n) is 12.2. The number of ketones is 1. The van der Waals surface area contributed by atoms with Gasteiger partial charge in [-0.3, -0.25) is 4.79 Å². The minimum atomic E-state index is -0.272. The van der Waals surface area contributed by atoms with Crippen molar-refractivity contribution in [1.82, 2.24) is 20.2 Å². The average Bonchev–Trinajstić information content (AvgIpc) is 2.87. The van der Waals surface area contributed by atoms with Gasteiger partial charge in [0.05, 0.1) is 5.69 Å². The third-order valence-electron chi connectivity index (χ3n) is 3.18. The lowest BCUT2D eigenvalue weighted by molar-refractivity contribution is -0.126. The third-order valence-corrected chi connectivity index (χ3v) is 3.18. The second-order valence-corrected chi connectivity index (χ2v) is 5.87. The standard InChI is InChI=1S/C15H20N4O/c1-15(2,3)13(20)10-7-11-14-16-17-18-19(14)12-8-5-4-6-9-12/h4-6,8-9H,7,10-11H2,1-3H3. The molecule has 0 saturated heterocycles. The number of nitrogens with zero attached hydrogens (tertiary/aromatic N) is 4. The molecule has 0 bridgehead atoms. The quantitative estimate of drug-likeness (QED) is 0.839. The second kappa shape index (κ2) is 5.94. The normalized spacial score (nSPS) is 11.6. The van der Waals surface area contributed by atoms with Crippen LogP contribution >= 0.6 is 0 Å². The van der Waals surface area contributed by atoms with Gasteiger partial charge in [-0.1, -0.05) is 39.0 Å². The molecule has 0 saturated carbocycles. The summed E-state index contributed by atoms with van der Waals surface area (Å²) < 4.78 is 1.72. The molecule has 2 aromatic rings. The Bertz CT molecular complexity index is 569. The van der Waals surface area contributed by atoms with Gasteiger partial charge in [0.25, 0.3) is 0 Å². The summed E-state index contributed by atoms with van der Waals surface area (Å²) in [6.07, 6.45) is 2.03. The van der Waals surface area contributed by atoms with Crippen LogP contribution in [0.3, 0.4) is 0 Å². The predicted octanol–water partition coefficient (Wildman–Crippen LogP) is 2.60. The van der Waals surface area contributed by atoms with Crippen LogP contribution in [-0.2, 0) is 11.2 Å². The van der Waals surface area contributed by atoms with E-state index < -0.39 is 0 Å². The lowest BCUT2D eigenvalue weighted by atomic mass is 9.88.